The molecular weight excluding hydrogens is 362 g/mol. The predicted octanol–water partition coefficient (Wildman–Crippen LogP) is 2.66. The van der Waals surface area contributed by atoms with E-state index in [1.54, 1.807) is 17.8 Å². The number of para-hydroxylation sites is 1. The zero-order valence-corrected chi connectivity index (χ0v) is 15.4. The van der Waals surface area contributed by atoms with Crippen molar-refractivity contribution in [3.63, 3.8) is 0 Å². The Balaban J connectivity index is 1.39. The minimum absolute atomic E-state index is 0.342. The van der Waals surface area contributed by atoms with Crippen molar-refractivity contribution in [2.24, 2.45) is 0 Å². The van der Waals surface area contributed by atoms with Gasteiger partial charge < -0.3 is 10.3 Å². The number of benzene rings is 1. The molecule has 7 nitrogen and oxygen atoms in total. The van der Waals surface area contributed by atoms with Gasteiger partial charge in [-0.1, -0.05) is 18.2 Å². The predicted molar refractivity (Wildman–Crippen MR) is 103 cm³/mol. The number of aromatic amines is 1. The number of rotatable bonds is 6. The maximum Gasteiger partial charge on any atom is 0.292 e. The van der Waals surface area contributed by atoms with Crippen LogP contribution in [0.2, 0.25) is 0 Å². The third-order valence-corrected chi connectivity index (χ3v) is 5.11. The van der Waals surface area contributed by atoms with Crippen LogP contribution >= 0.6 is 11.3 Å². The van der Waals surface area contributed by atoms with Gasteiger partial charge in [0.1, 0.15) is 0 Å². The van der Waals surface area contributed by atoms with Gasteiger partial charge in [0, 0.05) is 47.3 Å². The molecule has 3 aromatic heterocycles. The molecule has 0 radical (unpaired) electrons. The van der Waals surface area contributed by atoms with Crippen molar-refractivity contribution in [1.82, 2.24) is 25.1 Å². The van der Waals surface area contributed by atoms with Crippen molar-refractivity contribution in [3.05, 3.63) is 65.1 Å². The SMILES string of the molecule is Cc1[nH]c2ccccc2c1C(=O)C(=O)NCCc1csc(-n2cccn2)n1. The van der Waals surface area contributed by atoms with E-state index in [0.717, 1.165) is 21.7 Å². The maximum absolute atomic E-state index is 12.6. The number of Topliss-reactive ketones (excluding diaryl/α,β-unsaturated/α-hetero) is 1. The van der Waals surface area contributed by atoms with E-state index in [0.29, 0.717) is 24.2 Å². The molecule has 0 spiro atoms. The van der Waals surface area contributed by atoms with E-state index in [1.165, 1.54) is 11.3 Å². The summed E-state index contributed by atoms with van der Waals surface area (Å²) in [6, 6.07) is 9.29. The molecule has 3 heterocycles. The molecule has 0 aliphatic carbocycles. The molecule has 1 amide bonds. The average molecular weight is 379 g/mol. The Morgan fingerprint density at radius 3 is 2.93 bits per heavy atom. The fraction of sp³-hybridized carbons (Fsp3) is 0.158. The largest absolute Gasteiger partial charge is 0.358 e. The van der Waals surface area contributed by atoms with Gasteiger partial charge >= 0.3 is 0 Å². The Hall–Kier alpha value is -3.26. The molecule has 0 bridgehead atoms. The molecule has 0 saturated carbocycles. The summed E-state index contributed by atoms with van der Waals surface area (Å²) in [5.74, 6) is -1.13. The number of H-pyrrole nitrogens is 1. The van der Waals surface area contributed by atoms with Gasteiger partial charge in [-0.2, -0.15) is 5.10 Å². The molecule has 0 saturated heterocycles. The van der Waals surface area contributed by atoms with Gasteiger partial charge in [-0.15, -0.1) is 11.3 Å². The molecule has 4 rings (SSSR count). The summed E-state index contributed by atoms with van der Waals surface area (Å²) < 4.78 is 1.69. The second-order valence-corrected chi connectivity index (χ2v) is 6.91. The van der Waals surface area contributed by atoms with Crippen molar-refractivity contribution in [1.29, 1.82) is 0 Å². The molecule has 8 heteroatoms. The molecule has 0 aliphatic rings. The Labute approximate surface area is 159 Å². The van der Waals surface area contributed by atoms with Gasteiger partial charge in [0.05, 0.1) is 11.3 Å². The van der Waals surface area contributed by atoms with Gasteiger partial charge in [0.2, 0.25) is 5.13 Å². The number of carbonyl (C=O) groups is 2. The number of amides is 1. The monoisotopic (exact) mass is 379 g/mol. The quantitative estimate of drug-likeness (QED) is 0.398. The number of aryl methyl sites for hydroxylation is 1. The number of hydrogen-bond acceptors (Lipinski definition) is 5. The highest BCUT2D eigenvalue weighted by Gasteiger charge is 2.22. The molecule has 0 atom stereocenters. The van der Waals surface area contributed by atoms with Crippen LogP contribution in [0.4, 0.5) is 0 Å². The molecule has 0 fully saturated rings. The van der Waals surface area contributed by atoms with E-state index in [9.17, 15) is 9.59 Å². The van der Waals surface area contributed by atoms with E-state index in [1.807, 2.05) is 41.9 Å². The van der Waals surface area contributed by atoms with Gasteiger partial charge in [-0.3, -0.25) is 9.59 Å². The van der Waals surface area contributed by atoms with Crippen LogP contribution in [0.25, 0.3) is 16.0 Å². The smallest absolute Gasteiger partial charge is 0.292 e. The lowest BCUT2D eigenvalue weighted by atomic mass is 10.1. The van der Waals surface area contributed by atoms with Gasteiger partial charge in [0.25, 0.3) is 11.7 Å². The normalized spacial score (nSPS) is 11.0. The number of ketones is 1. The highest BCUT2D eigenvalue weighted by atomic mass is 32.1. The second kappa shape index (κ2) is 7.16. The summed E-state index contributed by atoms with van der Waals surface area (Å²) in [4.78, 5) is 32.5. The summed E-state index contributed by atoms with van der Waals surface area (Å²) in [5.41, 5.74) is 2.82. The van der Waals surface area contributed by atoms with Crippen LogP contribution in [0.15, 0.2) is 48.1 Å². The third kappa shape index (κ3) is 3.39. The number of aromatic nitrogens is 4. The van der Waals surface area contributed by atoms with Crippen LogP contribution in [-0.4, -0.2) is 38.0 Å². The Morgan fingerprint density at radius 2 is 2.11 bits per heavy atom. The van der Waals surface area contributed by atoms with Crippen LogP contribution in [0.5, 0.6) is 0 Å². The second-order valence-electron chi connectivity index (χ2n) is 6.08. The summed E-state index contributed by atoms with van der Waals surface area (Å²) in [5, 5.41) is 10.3. The zero-order valence-electron chi connectivity index (χ0n) is 14.6. The molecular formula is C19H17N5O2S. The Kier molecular flexibility index (Phi) is 4.55. The molecule has 0 unspecified atom stereocenters. The van der Waals surface area contributed by atoms with Crippen LogP contribution in [0.1, 0.15) is 21.7 Å². The molecule has 4 aromatic rings. The van der Waals surface area contributed by atoms with Crippen LogP contribution in [0, 0.1) is 6.92 Å². The maximum atomic E-state index is 12.6. The minimum atomic E-state index is -0.606. The van der Waals surface area contributed by atoms with Crippen LogP contribution in [-0.2, 0) is 11.2 Å². The lowest BCUT2D eigenvalue weighted by molar-refractivity contribution is -0.116. The van der Waals surface area contributed by atoms with E-state index >= 15 is 0 Å². The van der Waals surface area contributed by atoms with Gasteiger partial charge in [-0.25, -0.2) is 9.67 Å². The summed E-state index contributed by atoms with van der Waals surface area (Å²) in [7, 11) is 0. The van der Waals surface area contributed by atoms with Crippen molar-refractivity contribution >= 4 is 33.9 Å². The van der Waals surface area contributed by atoms with Gasteiger partial charge in [-0.05, 0) is 19.1 Å². The van der Waals surface area contributed by atoms with Crippen LogP contribution in [0.3, 0.4) is 0 Å². The molecule has 2 N–H and O–H groups in total. The molecule has 27 heavy (non-hydrogen) atoms. The number of hydrogen-bond donors (Lipinski definition) is 2. The fourth-order valence-electron chi connectivity index (χ4n) is 2.97. The van der Waals surface area contributed by atoms with Crippen molar-refractivity contribution < 1.29 is 9.59 Å². The highest BCUT2D eigenvalue weighted by molar-refractivity contribution is 7.12. The Bertz CT molecular complexity index is 1110. The lowest BCUT2D eigenvalue weighted by Crippen LogP contribution is -2.32. The average Bonchev–Trinajstić information content (AvgIpc) is 3.39. The van der Waals surface area contributed by atoms with Gasteiger partial charge in [0.15, 0.2) is 0 Å². The molecule has 1 aromatic carbocycles. The first kappa shape index (κ1) is 17.2. The molecule has 0 aliphatic heterocycles. The number of carbonyl (C=O) groups excluding carboxylic acids is 2. The minimum Gasteiger partial charge on any atom is -0.358 e. The zero-order chi connectivity index (χ0) is 18.8. The van der Waals surface area contributed by atoms with E-state index in [2.05, 4.69) is 20.4 Å². The first-order chi connectivity index (χ1) is 13.1. The third-order valence-electron chi connectivity index (χ3n) is 4.23. The fourth-order valence-corrected chi connectivity index (χ4v) is 3.76. The van der Waals surface area contributed by atoms with Crippen molar-refractivity contribution in [2.75, 3.05) is 6.54 Å². The number of thiazole rings is 1. The van der Waals surface area contributed by atoms with E-state index in [4.69, 9.17) is 0 Å². The standard InChI is InChI=1S/C19H17N5O2S/c1-12-16(14-5-2-3-6-15(14)22-12)17(25)18(26)20-9-7-13-11-27-19(23-13)24-10-4-8-21-24/h2-6,8,10-11,22H,7,9H2,1H3,(H,20,26). The van der Waals surface area contributed by atoms with Crippen molar-refractivity contribution in [3.8, 4) is 5.13 Å². The Morgan fingerprint density at radius 1 is 1.26 bits per heavy atom. The van der Waals surface area contributed by atoms with Crippen LogP contribution < -0.4 is 5.32 Å². The van der Waals surface area contributed by atoms with Crippen molar-refractivity contribution in [2.45, 2.75) is 13.3 Å². The first-order valence-corrected chi connectivity index (χ1v) is 9.35. The number of nitrogens with zero attached hydrogens (tertiary/aromatic N) is 3. The summed E-state index contributed by atoms with van der Waals surface area (Å²) in [6.07, 6.45) is 4.07. The van der Waals surface area contributed by atoms with E-state index < -0.39 is 11.7 Å². The highest BCUT2D eigenvalue weighted by Crippen LogP contribution is 2.22. The number of nitrogens with one attached hydrogen (secondary N) is 2. The lowest BCUT2D eigenvalue weighted by Gasteiger charge is -2.04. The number of fused-ring (bicyclic) bond motifs is 1. The van der Waals surface area contributed by atoms with E-state index in [-0.39, 0.29) is 0 Å². The first-order valence-electron chi connectivity index (χ1n) is 8.48. The summed E-state index contributed by atoms with van der Waals surface area (Å²) >= 11 is 1.48. The summed E-state index contributed by atoms with van der Waals surface area (Å²) in [6.45, 7) is 2.14. The molecule has 136 valence electrons. The topological polar surface area (TPSA) is 92.7 Å².